The van der Waals surface area contributed by atoms with Gasteiger partial charge in [0.25, 0.3) is 0 Å². The summed E-state index contributed by atoms with van der Waals surface area (Å²) in [6.45, 7) is 7.06. The van der Waals surface area contributed by atoms with Gasteiger partial charge in [0.05, 0.1) is 5.54 Å². The number of hydrogen-bond acceptors (Lipinski definition) is 3. The van der Waals surface area contributed by atoms with Crippen LogP contribution in [0.3, 0.4) is 0 Å². The van der Waals surface area contributed by atoms with E-state index in [9.17, 15) is 4.79 Å². The Balaban J connectivity index is 1.97. The fourth-order valence-electron chi connectivity index (χ4n) is 2.69. The van der Waals surface area contributed by atoms with E-state index in [1.807, 2.05) is 43.0 Å². The summed E-state index contributed by atoms with van der Waals surface area (Å²) in [5, 5.41) is 0.742. The van der Waals surface area contributed by atoms with Crippen LogP contribution in [0.1, 0.15) is 26.7 Å². The molecule has 21 heavy (non-hydrogen) atoms. The molecule has 2 rings (SSSR count). The molecule has 0 radical (unpaired) electrons. The molecule has 0 bridgehead atoms. The molecule has 1 fully saturated rings. The molecule has 0 unspecified atom stereocenters. The van der Waals surface area contributed by atoms with E-state index in [0.717, 1.165) is 36.9 Å². The fourth-order valence-corrected chi connectivity index (χ4v) is 2.81. The Labute approximate surface area is 131 Å². The Bertz CT molecular complexity index is 477. The zero-order chi connectivity index (χ0) is 15.5. The van der Waals surface area contributed by atoms with Crippen LogP contribution in [0.4, 0.5) is 5.69 Å². The second kappa shape index (κ2) is 6.67. The molecule has 4 nitrogen and oxygen atoms in total. The number of hydrogen-bond donors (Lipinski definition) is 1. The minimum Gasteiger partial charge on any atom is -0.368 e. The molecule has 0 saturated carbocycles. The Morgan fingerprint density at radius 1 is 1.14 bits per heavy atom. The topological polar surface area (TPSA) is 49.6 Å². The maximum Gasteiger partial charge on any atom is 0.242 e. The molecular formula is C16H24ClN3O. The van der Waals surface area contributed by atoms with Gasteiger partial charge < -0.3 is 15.5 Å². The maximum absolute atomic E-state index is 12.5. The second-order valence-electron chi connectivity index (χ2n) is 5.62. The fraction of sp³-hybridized carbons (Fsp3) is 0.562. The first kappa shape index (κ1) is 16.1. The Kier molecular flexibility index (Phi) is 5.12. The van der Waals surface area contributed by atoms with Crippen molar-refractivity contribution in [2.45, 2.75) is 32.2 Å². The van der Waals surface area contributed by atoms with Gasteiger partial charge in [-0.2, -0.15) is 0 Å². The van der Waals surface area contributed by atoms with Gasteiger partial charge in [-0.1, -0.05) is 25.4 Å². The van der Waals surface area contributed by atoms with Crippen molar-refractivity contribution < 1.29 is 4.79 Å². The molecule has 0 atom stereocenters. The number of carbonyl (C=O) groups is 1. The molecule has 1 heterocycles. The molecule has 116 valence electrons. The number of nitrogens with zero attached hydrogens (tertiary/aromatic N) is 2. The van der Waals surface area contributed by atoms with Crippen LogP contribution < -0.4 is 10.6 Å². The lowest BCUT2D eigenvalue weighted by molar-refractivity contribution is -0.137. The van der Waals surface area contributed by atoms with Gasteiger partial charge in [0.15, 0.2) is 0 Å². The molecule has 1 saturated heterocycles. The summed E-state index contributed by atoms with van der Waals surface area (Å²) in [6.07, 6.45) is 1.36. The molecule has 1 aromatic rings. The van der Waals surface area contributed by atoms with Crippen LogP contribution in [-0.4, -0.2) is 42.5 Å². The van der Waals surface area contributed by atoms with Gasteiger partial charge in [0.2, 0.25) is 5.91 Å². The lowest BCUT2D eigenvalue weighted by atomic mass is 9.92. The summed E-state index contributed by atoms with van der Waals surface area (Å²) in [4.78, 5) is 16.7. The van der Waals surface area contributed by atoms with E-state index in [0.29, 0.717) is 12.8 Å². The van der Waals surface area contributed by atoms with Gasteiger partial charge in [-0.05, 0) is 37.1 Å². The van der Waals surface area contributed by atoms with Gasteiger partial charge in [-0.3, -0.25) is 4.79 Å². The predicted molar refractivity (Wildman–Crippen MR) is 87.7 cm³/mol. The zero-order valence-electron chi connectivity index (χ0n) is 12.8. The zero-order valence-corrected chi connectivity index (χ0v) is 13.6. The molecule has 0 aromatic heterocycles. The molecular weight excluding hydrogens is 286 g/mol. The summed E-state index contributed by atoms with van der Waals surface area (Å²) >= 11 is 5.91. The van der Waals surface area contributed by atoms with Gasteiger partial charge in [-0.25, -0.2) is 0 Å². The van der Waals surface area contributed by atoms with Gasteiger partial charge in [0.1, 0.15) is 0 Å². The number of rotatable bonds is 4. The van der Waals surface area contributed by atoms with Crippen LogP contribution in [0.25, 0.3) is 0 Å². The molecule has 1 aromatic carbocycles. The summed E-state index contributed by atoms with van der Waals surface area (Å²) < 4.78 is 0. The number of piperazine rings is 1. The molecule has 1 aliphatic rings. The van der Waals surface area contributed by atoms with Crippen molar-refractivity contribution in [2.75, 3.05) is 31.1 Å². The van der Waals surface area contributed by atoms with Crippen LogP contribution >= 0.6 is 11.6 Å². The quantitative estimate of drug-likeness (QED) is 0.929. The van der Waals surface area contributed by atoms with E-state index in [2.05, 4.69) is 4.90 Å². The summed E-state index contributed by atoms with van der Waals surface area (Å²) in [7, 11) is 0. The van der Waals surface area contributed by atoms with Crippen molar-refractivity contribution in [3.8, 4) is 0 Å². The average molecular weight is 310 g/mol. The molecule has 1 aliphatic heterocycles. The normalized spacial score (nSPS) is 16.2. The van der Waals surface area contributed by atoms with Crippen molar-refractivity contribution in [3.63, 3.8) is 0 Å². The van der Waals surface area contributed by atoms with Gasteiger partial charge in [0, 0.05) is 36.9 Å². The third-order valence-electron chi connectivity index (χ3n) is 4.45. The lowest BCUT2D eigenvalue weighted by Crippen LogP contribution is -2.59. The van der Waals surface area contributed by atoms with E-state index in [1.54, 1.807) is 0 Å². The number of anilines is 1. The van der Waals surface area contributed by atoms with Crippen LogP contribution in [-0.2, 0) is 4.79 Å². The van der Waals surface area contributed by atoms with Crippen LogP contribution in [0.15, 0.2) is 24.3 Å². The van der Waals surface area contributed by atoms with Gasteiger partial charge in [-0.15, -0.1) is 0 Å². The molecule has 5 heteroatoms. The highest BCUT2D eigenvalue weighted by atomic mass is 35.5. The Morgan fingerprint density at radius 3 is 2.14 bits per heavy atom. The third-order valence-corrected chi connectivity index (χ3v) is 4.70. The Hall–Kier alpha value is -1.26. The largest absolute Gasteiger partial charge is 0.368 e. The minimum absolute atomic E-state index is 0.0863. The highest BCUT2D eigenvalue weighted by Crippen LogP contribution is 2.21. The number of halogens is 1. The van der Waals surface area contributed by atoms with E-state index in [1.165, 1.54) is 0 Å². The number of amides is 1. The second-order valence-corrected chi connectivity index (χ2v) is 6.06. The third kappa shape index (κ3) is 3.50. The molecule has 0 aliphatic carbocycles. The van der Waals surface area contributed by atoms with Crippen molar-refractivity contribution in [2.24, 2.45) is 5.73 Å². The van der Waals surface area contributed by atoms with Crippen LogP contribution in [0.5, 0.6) is 0 Å². The van der Waals surface area contributed by atoms with Crippen LogP contribution in [0.2, 0.25) is 5.02 Å². The predicted octanol–water partition coefficient (Wildman–Crippen LogP) is 2.51. The maximum atomic E-state index is 12.5. The smallest absolute Gasteiger partial charge is 0.242 e. The number of carbonyl (C=O) groups excluding carboxylic acids is 1. The van der Waals surface area contributed by atoms with Crippen molar-refractivity contribution in [3.05, 3.63) is 29.3 Å². The first-order valence-corrected chi connectivity index (χ1v) is 7.96. The summed E-state index contributed by atoms with van der Waals surface area (Å²) in [5.74, 6) is 0.0863. The SMILES string of the molecule is CCC(N)(CC)C(=O)N1CCN(c2ccc(Cl)cc2)CC1. The highest BCUT2D eigenvalue weighted by Gasteiger charge is 2.35. The lowest BCUT2D eigenvalue weighted by Gasteiger charge is -2.40. The summed E-state index contributed by atoms with van der Waals surface area (Å²) in [5.41, 5.74) is 6.66. The molecule has 2 N–H and O–H groups in total. The van der Waals surface area contributed by atoms with Gasteiger partial charge >= 0.3 is 0 Å². The van der Waals surface area contributed by atoms with E-state index < -0.39 is 5.54 Å². The average Bonchev–Trinajstić information content (AvgIpc) is 2.54. The molecule has 1 amide bonds. The number of benzene rings is 1. The first-order valence-electron chi connectivity index (χ1n) is 7.59. The minimum atomic E-state index is -0.706. The highest BCUT2D eigenvalue weighted by molar-refractivity contribution is 6.30. The van der Waals surface area contributed by atoms with Crippen molar-refractivity contribution in [1.29, 1.82) is 0 Å². The van der Waals surface area contributed by atoms with E-state index in [-0.39, 0.29) is 5.91 Å². The van der Waals surface area contributed by atoms with Crippen molar-refractivity contribution >= 4 is 23.2 Å². The summed E-state index contributed by atoms with van der Waals surface area (Å²) in [6, 6.07) is 7.83. The first-order chi connectivity index (χ1) is 10.00. The number of nitrogens with two attached hydrogens (primary N) is 1. The van der Waals surface area contributed by atoms with Crippen molar-refractivity contribution in [1.82, 2.24) is 4.90 Å². The standard InChI is InChI=1S/C16H24ClN3O/c1-3-16(18,4-2)15(21)20-11-9-19(10-12-20)14-7-5-13(17)6-8-14/h5-8H,3-4,9-12,18H2,1-2H3. The van der Waals surface area contributed by atoms with E-state index >= 15 is 0 Å². The van der Waals surface area contributed by atoms with Crippen LogP contribution in [0, 0.1) is 0 Å². The molecule has 0 spiro atoms. The monoisotopic (exact) mass is 309 g/mol. The van der Waals surface area contributed by atoms with E-state index in [4.69, 9.17) is 17.3 Å². The Morgan fingerprint density at radius 2 is 1.67 bits per heavy atom.